The average Bonchev–Trinajstić information content (AvgIpc) is 3.16. The van der Waals surface area contributed by atoms with E-state index >= 15 is 0 Å². The Hall–Kier alpha value is -2.89. The monoisotopic (exact) mass is 325 g/mol. The third-order valence-electron chi connectivity index (χ3n) is 4.00. The first kappa shape index (κ1) is 16.0. The Morgan fingerprint density at radius 3 is 2.79 bits per heavy atom. The van der Waals surface area contributed by atoms with Crippen molar-refractivity contribution in [3.63, 3.8) is 0 Å². The standard InChI is InChI=1S/C18H19N3O3/c1-11-6-7-12(2)15(9-11)21-18(23)16(13(3)20-21)17(22)19-10-14-5-4-8-24-14/h4-9,16H,10H2,1-3H3,(H,19,22). The van der Waals surface area contributed by atoms with Crippen molar-refractivity contribution in [3.8, 4) is 0 Å². The maximum atomic E-state index is 12.7. The maximum Gasteiger partial charge on any atom is 0.265 e. The number of carbonyl (C=O) groups is 2. The summed E-state index contributed by atoms with van der Waals surface area (Å²) in [6.45, 7) is 5.80. The number of hydrazone groups is 1. The zero-order valence-corrected chi connectivity index (χ0v) is 13.9. The summed E-state index contributed by atoms with van der Waals surface area (Å²) in [5, 5.41) is 8.36. The summed E-state index contributed by atoms with van der Waals surface area (Å²) < 4.78 is 5.18. The first-order valence-corrected chi connectivity index (χ1v) is 7.74. The lowest BCUT2D eigenvalue weighted by molar-refractivity contribution is -0.130. The molecule has 6 heteroatoms. The van der Waals surface area contributed by atoms with Gasteiger partial charge in [-0.05, 0) is 50.1 Å². The molecule has 0 radical (unpaired) electrons. The molecule has 1 aliphatic heterocycles. The smallest absolute Gasteiger partial charge is 0.265 e. The highest BCUT2D eigenvalue weighted by atomic mass is 16.3. The van der Waals surface area contributed by atoms with Crippen molar-refractivity contribution in [2.24, 2.45) is 11.0 Å². The van der Waals surface area contributed by atoms with Crippen LogP contribution in [0.5, 0.6) is 0 Å². The van der Waals surface area contributed by atoms with Crippen molar-refractivity contribution < 1.29 is 14.0 Å². The van der Waals surface area contributed by atoms with E-state index in [4.69, 9.17) is 4.42 Å². The van der Waals surface area contributed by atoms with Crippen LogP contribution in [-0.2, 0) is 16.1 Å². The zero-order chi connectivity index (χ0) is 17.3. The summed E-state index contributed by atoms with van der Waals surface area (Å²) >= 11 is 0. The minimum absolute atomic E-state index is 0.242. The molecule has 124 valence electrons. The Morgan fingerprint density at radius 2 is 2.08 bits per heavy atom. The molecule has 1 aromatic heterocycles. The van der Waals surface area contributed by atoms with Crippen molar-refractivity contribution in [2.45, 2.75) is 27.3 Å². The van der Waals surface area contributed by atoms with Crippen molar-refractivity contribution in [1.82, 2.24) is 5.32 Å². The highest BCUT2D eigenvalue weighted by molar-refractivity contribution is 6.26. The Bertz CT molecular complexity index is 809. The molecule has 1 aliphatic rings. The van der Waals surface area contributed by atoms with Crippen LogP contribution in [0.25, 0.3) is 0 Å². The van der Waals surface area contributed by atoms with E-state index in [1.807, 2.05) is 32.0 Å². The highest BCUT2D eigenvalue weighted by Crippen LogP contribution is 2.28. The van der Waals surface area contributed by atoms with Crippen LogP contribution in [-0.4, -0.2) is 17.5 Å². The molecule has 0 aliphatic carbocycles. The largest absolute Gasteiger partial charge is 0.467 e. The number of nitrogens with one attached hydrogen (secondary N) is 1. The van der Waals surface area contributed by atoms with Crippen LogP contribution in [0, 0.1) is 19.8 Å². The molecule has 0 saturated heterocycles. The normalized spacial score (nSPS) is 17.1. The zero-order valence-electron chi connectivity index (χ0n) is 13.9. The summed E-state index contributed by atoms with van der Waals surface area (Å²) in [6, 6.07) is 9.32. The molecular formula is C18H19N3O3. The van der Waals surface area contributed by atoms with Gasteiger partial charge in [0.15, 0.2) is 5.92 Å². The van der Waals surface area contributed by atoms with Crippen LogP contribution in [0.15, 0.2) is 46.1 Å². The van der Waals surface area contributed by atoms with Gasteiger partial charge in [-0.15, -0.1) is 0 Å². The first-order valence-electron chi connectivity index (χ1n) is 7.74. The van der Waals surface area contributed by atoms with Gasteiger partial charge in [0.2, 0.25) is 5.91 Å². The number of carbonyl (C=O) groups excluding carboxylic acids is 2. The van der Waals surface area contributed by atoms with Crippen LogP contribution >= 0.6 is 0 Å². The molecule has 1 aromatic carbocycles. The molecule has 1 unspecified atom stereocenters. The van der Waals surface area contributed by atoms with Crippen molar-refractivity contribution in [3.05, 3.63) is 53.5 Å². The predicted octanol–water partition coefficient (Wildman–Crippen LogP) is 2.55. The number of aryl methyl sites for hydroxylation is 2. The van der Waals surface area contributed by atoms with E-state index in [0.29, 0.717) is 17.2 Å². The van der Waals surface area contributed by atoms with Crippen LogP contribution < -0.4 is 10.3 Å². The van der Waals surface area contributed by atoms with E-state index in [9.17, 15) is 9.59 Å². The Balaban J connectivity index is 1.77. The number of hydrogen-bond donors (Lipinski definition) is 1. The van der Waals surface area contributed by atoms with Gasteiger partial charge < -0.3 is 9.73 Å². The van der Waals surface area contributed by atoms with Gasteiger partial charge in [0, 0.05) is 0 Å². The van der Waals surface area contributed by atoms with E-state index in [1.165, 1.54) is 11.3 Å². The third kappa shape index (κ3) is 2.95. The fourth-order valence-corrected chi connectivity index (χ4v) is 2.68. The first-order chi connectivity index (χ1) is 11.5. The van der Waals surface area contributed by atoms with Crippen LogP contribution in [0.4, 0.5) is 5.69 Å². The fraction of sp³-hybridized carbons (Fsp3) is 0.278. The average molecular weight is 325 g/mol. The summed E-state index contributed by atoms with van der Waals surface area (Å²) in [5.74, 6) is -0.974. The molecule has 0 fully saturated rings. The molecule has 1 N–H and O–H groups in total. The lowest BCUT2D eigenvalue weighted by Gasteiger charge is -2.17. The number of benzene rings is 1. The Morgan fingerprint density at radius 1 is 1.29 bits per heavy atom. The second-order valence-corrected chi connectivity index (χ2v) is 5.91. The van der Waals surface area contributed by atoms with Gasteiger partial charge in [0.05, 0.1) is 24.2 Å². The molecule has 2 aromatic rings. The lowest BCUT2D eigenvalue weighted by atomic mass is 10.0. The van der Waals surface area contributed by atoms with Gasteiger partial charge in [0.25, 0.3) is 5.91 Å². The maximum absolute atomic E-state index is 12.7. The van der Waals surface area contributed by atoms with Crippen molar-refractivity contribution in [2.75, 3.05) is 5.01 Å². The lowest BCUT2D eigenvalue weighted by Crippen LogP contribution is -2.39. The second-order valence-electron chi connectivity index (χ2n) is 5.91. The highest BCUT2D eigenvalue weighted by Gasteiger charge is 2.40. The van der Waals surface area contributed by atoms with Crippen LogP contribution in [0.1, 0.15) is 23.8 Å². The topological polar surface area (TPSA) is 74.9 Å². The van der Waals surface area contributed by atoms with Crippen LogP contribution in [0.3, 0.4) is 0 Å². The molecule has 24 heavy (non-hydrogen) atoms. The fourth-order valence-electron chi connectivity index (χ4n) is 2.68. The number of amides is 2. The van der Waals surface area contributed by atoms with E-state index in [2.05, 4.69) is 10.4 Å². The molecule has 1 atom stereocenters. The minimum atomic E-state index is -0.903. The number of anilines is 1. The predicted molar refractivity (Wildman–Crippen MR) is 90.6 cm³/mol. The molecule has 0 bridgehead atoms. The van der Waals surface area contributed by atoms with E-state index in [1.54, 1.807) is 19.1 Å². The molecular weight excluding hydrogens is 306 g/mol. The van der Waals surface area contributed by atoms with E-state index in [-0.39, 0.29) is 18.4 Å². The van der Waals surface area contributed by atoms with Gasteiger partial charge >= 0.3 is 0 Å². The number of hydrogen-bond acceptors (Lipinski definition) is 4. The summed E-state index contributed by atoms with van der Waals surface area (Å²) in [4.78, 5) is 25.1. The number of rotatable bonds is 4. The summed E-state index contributed by atoms with van der Waals surface area (Å²) in [7, 11) is 0. The molecule has 2 amide bonds. The van der Waals surface area contributed by atoms with Crippen molar-refractivity contribution >= 4 is 23.2 Å². The van der Waals surface area contributed by atoms with Gasteiger partial charge in [-0.25, -0.2) is 0 Å². The van der Waals surface area contributed by atoms with E-state index < -0.39 is 5.92 Å². The molecule has 3 rings (SSSR count). The molecule has 2 heterocycles. The summed E-state index contributed by atoms with van der Waals surface area (Å²) in [6.07, 6.45) is 1.54. The van der Waals surface area contributed by atoms with Gasteiger partial charge in [-0.2, -0.15) is 10.1 Å². The molecule has 0 saturated carbocycles. The van der Waals surface area contributed by atoms with Crippen LogP contribution in [0.2, 0.25) is 0 Å². The number of furan rings is 1. The van der Waals surface area contributed by atoms with Gasteiger partial charge in [-0.3, -0.25) is 9.59 Å². The van der Waals surface area contributed by atoms with Gasteiger partial charge in [0.1, 0.15) is 5.76 Å². The SMILES string of the molecule is CC1=NN(c2cc(C)ccc2C)C(=O)C1C(=O)NCc1ccco1. The summed E-state index contributed by atoms with van der Waals surface area (Å²) in [5.41, 5.74) is 3.16. The quantitative estimate of drug-likeness (QED) is 0.878. The Labute approximate surface area is 140 Å². The minimum Gasteiger partial charge on any atom is -0.467 e. The van der Waals surface area contributed by atoms with Gasteiger partial charge in [-0.1, -0.05) is 12.1 Å². The number of nitrogens with zero attached hydrogens (tertiary/aromatic N) is 2. The van der Waals surface area contributed by atoms with Crippen molar-refractivity contribution in [1.29, 1.82) is 0 Å². The molecule has 0 spiro atoms. The third-order valence-corrected chi connectivity index (χ3v) is 4.00. The molecule has 6 nitrogen and oxygen atoms in total. The second kappa shape index (κ2) is 6.31. The Kier molecular flexibility index (Phi) is 4.20. The van der Waals surface area contributed by atoms with E-state index in [0.717, 1.165) is 11.1 Å².